The minimum absolute atomic E-state index is 0.00522. The van der Waals surface area contributed by atoms with E-state index >= 15 is 0 Å². The summed E-state index contributed by atoms with van der Waals surface area (Å²) in [6, 6.07) is 7.24. The molecule has 0 atom stereocenters. The van der Waals surface area contributed by atoms with Gasteiger partial charge in [0.1, 0.15) is 5.01 Å². The summed E-state index contributed by atoms with van der Waals surface area (Å²) >= 11 is 7.64. The van der Waals surface area contributed by atoms with Crippen LogP contribution < -0.4 is 5.32 Å². The molecule has 1 N–H and O–H groups in total. The quantitative estimate of drug-likeness (QED) is 0.886. The summed E-state index contributed by atoms with van der Waals surface area (Å²) in [5, 5.41) is 6.70. The van der Waals surface area contributed by atoms with Gasteiger partial charge in [0.25, 0.3) is 0 Å². The number of rotatable bonds is 5. The van der Waals surface area contributed by atoms with Crippen molar-refractivity contribution in [3.05, 3.63) is 45.9 Å². The van der Waals surface area contributed by atoms with Crippen LogP contribution in [0.1, 0.15) is 11.4 Å². The lowest BCUT2D eigenvalue weighted by atomic mass is 10.3. The second-order valence-electron chi connectivity index (χ2n) is 5.89. The van der Waals surface area contributed by atoms with Gasteiger partial charge in [-0.05, 0) is 37.7 Å². The van der Waals surface area contributed by atoms with Crippen molar-refractivity contribution in [1.82, 2.24) is 14.8 Å². The van der Waals surface area contributed by atoms with E-state index < -0.39 is 0 Å². The van der Waals surface area contributed by atoms with E-state index in [2.05, 4.69) is 20.1 Å². The van der Waals surface area contributed by atoms with Gasteiger partial charge in [-0.1, -0.05) is 17.7 Å². The minimum Gasteiger partial charge on any atom is -0.325 e. The first-order valence-corrected chi connectivity index (χ1v) is 9.33. The summed E-state index contributed by atoms with van der Waals surface area (Å²) in [6.45, 7) is 5.17. The normalized spacial score (nSPS) is 16.7. The van der Waals surface area contributed by atoms with Crippen molar-refractivity contribution in [2.45, 2.75) is 13.0 Å². The maximum Gasteiger partial charge on any atom is 0.238 e. The molecule has 7 heteroatoms. The maximum atomic E-state index is 12.2. The number of carbonyl (C=O) groups excluding carboxylic acids is 1. The van der Waals surface area contributed by atoms with Gasteiger partial charge in [-0.3, -0.25) is 14.6 Å². The number of thiazole rings is 1. The average molecular weight is 365 g/mol. The van der Waals surface area contributed by atoms with Crippen LogP contribution in [0.15, 0.2) is 35.8 Å². The summed E-state index contributed by atoms with van der Waals surface area (Å²) in [5.74, 6) is 0.00522. The van der Waals surface area contributed by atoms with Crippen LogP contribution in [-0.4, -0.2) is 53.4 Å². The monoisotopic (exact) mass is 364 g/mol. The van der Waals surface area contributed by atoms with Crippen molar-refractivity contribution in [3.8, 4) is 0 Å². The second-order valence-corrected chi connectivity index (χ2v) is 7.31. The van der Waals surface area contributed by atoms with Crippen molar-refractivity contribution in [1.29, 1.82) is 0 Å². The Labute approximate surface area is 151 Å². The molecule has 0 saturated carbocycles. The average Bonchev–Trinajstić information content (AvgIpc) is 2.95. The van der Waals surface area contributed by atoms with E-state index in [1.54, 1.807) is 23.5 Å². The van der Waals surface area contributed by atoms with Crippen LogP contribution in [-0.2, 0) is 11.3 Å². The molecular formula is C17H21ClN4OS. The number of nitrogens with one attached hydrogen (secondary N) is 1. The Morgan fingerprint density at radius 1 is 1.25 bits per heavy atom. The molecule has 0 unspecified atom stereocenters. The zero-order chi connectivity index (χ0) is 16.8. The first kappa shape index (κ1) is 17.4. The van der Waals surface area contributed by atoms with Crippen molar-refractivity contribution in [2.75, 3.05) is 38.0 Å². The van der Waals surface area contributed by atoms with Crippen molar-refractivity contribution in [2.24, 2.45) is 0 Å². The molecule has 24 heavy (non-hydrogen) atoms. The topological polar surface area (TPSA) is 48.5 Å². The molecule has 1 fully saturated rings. The van der Waals surface area contributed by atoms with Crippen LogP contribution in [0.5, 0.6) is 0 Å². The van der Waals surface area contributed by atoms with Crippen LogP contribution in [0, 0.1) is 0 Å². The number of halogens is 1. The van der Waals surface area contributed by atoms with E-state index in [9.17, 15) is 4.79 Å². The second kappa shape index (κ2) is 8.58. The lowest BCUT2D eigenvalue weighted by Gasteiger charge is -2.20. The molecule has 0 radical (unpaired) electrons. The first-order chi connectivity index (χ1) is 11.7. The van der Waals surface area contributed by atoms with Gasteiger partial charge in [0.15, 0.2) is 0 Å². The summed E-state index contributed by atoms with van der Waals surface area (Å²) in [6.07, 6.45) is 2.92. The first-order valence-electron chi connectivity index (χ1n) is 8.07. The van der Waals surface area contributed by atoms with Crippen LogP contribution in [0.3, 0.4) is 0 Å². The Hall–Kier alpha value is -1.47. The third kappa shape index (κ3) is 5.27. The zero-order valence-corrected chi connectivity index (χ0v) is 15.0. The molecule has 3 rings (SSSR count). The molecule has 1 aromatic heterocycles. The fraction of sp³-hybridized carbons (Fsp3) is 0.412. The van der Waals surface area contributed by atoms with Gasteiger partial charge in [-0.2, -0.15) is 0 Å². The highest BCUT2D eigenvalue weighted by Gasteiger charge is 2.17. The molecular weight excluding hydrogens is 344 g/mol. The Morgan fingerprint density at radius 3 is 2.88 bits per heavy atom. The molecule has 0 spiro atoms. The van der Waals surface area contributed by atoms with Gasteiger partial charge in [0.05, 0.1) is 13.1 Å². The van der Waals surface area contributed by atoms with Gasteiger partial charge < -0.3 is 5.32 Å². The smallest absolute Gasteiger partial charge is 0.238 e. The van der Waals surface area contributed by atoms with Gasteiger partial charge >= 0.3 is 0 Å². The van der Waals surface area contributed by atoms with E-state index in [4.69, 9.17) is 11.6 Å². The standard InChI is InChI=1S/C17H21ClN4OS/c18-14-3-1-4-15(11-14)20-16(23)12-21-6-2-7-22(9-8-21)13-17-19-5-10-24-17/h1,3-5,10-11H,2,6-9,12-13H2,(H,20,23). The molecule has 1 aliphatic heterocycles. The predicted molar refractivity (Wildman–Crippen MR) is 98.5 cm³/mol. The molecule has 2 aromatic rings. The number of hydrogen-bond donors (Lipinski definition) is 1. The van der Waals surface area contributed by atoms with Crippen molar-refractivity contribution < 1.29 is 4.79 Å². The summed E-state index contributed by atoms with van der Waals surface area (Å²) in [4.78, 5) is 21.2. The van der Waals surface area contributed by atoms with E-state index in [-0.39, 0.29) is 5.91 Å². The molecule has 0 bridgehead atoms. The molecule has 1 aromatic carbocycles. The predicted octanol–water partition coefficient (Wildman–Crippen LogP) is 2.94. The van der Waals surface area contributed by atoms with Crippen molar-refractivity contribution in [3.63, 3.8) is 0 Å². The highest BCUT2D eigenvalue weighted by molar-refractivity contribution is 7.09. The van der Waals surface area contributed by atoms with E-state index in [0.717, 1.165) is 49.8 Å². The molecule has 2 heterocycles. The molecule has 0 aliphatic carbocycles. The Kier molecular flexibility index (Phi) is 6.20. The van der Waals surface area contributed by atoms with Gasteiger partial charge in [-0.15, -0.1) is 11.3 Å². The zero-order valence-electron chi connectivity index (χ0n) is 13.4. The fourth-order valence-electron chi connectivity index (χ4n) is 2.83. The third-order valence-electron chi connectivity index (χ3n) is 4.00. The summed E-state index contributed by atoms with van der Waals surface area (Å²) in [5.41, 5.74) is 0.743. The third-order valence-corrected chi connectivity index (χ3v) is 5.00. The Balaban J connectivity index is 1.46. The van der Waals surface area contributed by atoms with Gasteiger partial charge in [0, 0.05) is 35.4 Å². The molecule has 128 valence electrons. The molecule has 5 nitrogen and oxygen atoms in total. The lowest BCUT2D eigenvalue weighted by Crippen LogP contribution is -2.36. The highest BCUT2D eigenvalue weighted by atomic mass is 35.5. The summed E-state index contributed by atoms with van der Waals surface area (Å²) < 4.78 is 0. The number of aromatic nitrogens is 1. The Bertz CT molecular complexity index is 664. The Morgan fingerprint density at radius 2 is 2.08 bits per heavy atom. The number of nitrogens with zero attached hydrogens (tertiary/aromatic N) is 3. The highest BCUT2D eigenvalue weighted by Crippen LogP contribution is 2.15. The minimum atomic E-state index is 0.00522. The summed E-state index contributed by atoms with van der Waals surface area (Å²) in [7, 11) is 0. The van der Waals surface area contributed by atoms with Crippen LogP contribution in [0.4, 0.5) is 5.69 Å². The molecule has 1 aliphatic rings. The van der Waals surface area contributed by atoms with E-state index in [0.29, 0.717) is 11.6 Å². The van der Waals surface area contributed by atoms with Crippen LogP contribution >= 0.6 is 22.9 Å². The number of benzene rings is 1. The number of carbonyl (C=O) groups is 1. The van der Waals surface area contributed by atoms with E-state index in [1.807, 2.05) is 23.7 Å². The fourth-order valence-corrected chi connectivity index (χ4v) is 3.68. The van der Waals surface area contributed by atoms with Crippen molar-refractivity contribution >= 4 is 34.5 Å². The number of hydrogen-bond acceptors (Lipinski definition) is 5. The number of anilines is 1. The maximum absolute atomic E-state index is 12.2. The number of amides is 1. The van der Waals surface area contributed by atoms with Crippen LogP contribution in [0.25, 0.3) is 0 Å². The molecule has 1 amide bonds. The van der Waals surface area contributed by atoms with E-state index in [1.165, 1.54) is 0 Å². The SMILES string of the molecule is O=C(CN1CCCN(Cc2nccs2)CC1)Nc1cccc(Cl)c1. The van der Waals surface area contributed by atoms with Gasteiger partial charge in [-0.25, -0.2) is 4.98 Å². The lowest BCUT2D eigenvalue weighted by molar-refractivity contribution is -0.117. The molecule has 1 saturated heterocycles. The van der Waals surface area contributed by atoms with Gasteiger partial charge in [0.2, 0.25) is 5.91 Å². The van der Waals surface area contributed by atoms with Crippen LogP contribution in [0.2, 0.25) is 5.02 Å². The largest absolute Gasteiger partial charge is 0.325 e.